The minimum atomic E-state index is -3.82. The molecule has 1 fully saturated rings. The van der Waals surface area contributed by atoms with Gasteiger partial charge in [0.1, 0.15) is 6.23 Å². The first-order valence-corrected chi connectivity index (χ1v) is 10.9. The molecule has 1 heterocycles. The van der Waals surface area contributed by atoms with Crippen LogP contribution in [-0.4, -0.2) is 57.0 Å². The number of amides is 2. The lowest BCUT2D eigenvalue weighted by molar-refractivity contribution is -0.140. The highest BCUT2D eigenvalue weighted by Gasteiger charge is 2.36. The topological polar surface area (TPSA) is 105 Å². The van der Waals surface area contributed by atoms with Crippen LogP contribution in [0.3, 0.4) is 0 Å². The van der Waals surface area contributed by atoms with Gasteiger partial charge in [-0.05, 0) is 44.7 Å². The molecule has 0 aromatic heterocycles. The molecular weight excluding hydrogens is 382 g/mol. The lowest BCUT2D eigenvalue weighted by atomic mass is 10.1. The van der Waals surface area contributed by atoms with Crippen LogP contribution in [0.15, 0.2) is 17.0 Å². The van der Waals surface area contributed by atoms with Crippen molar-refractivity contribution < 1.29 is 22.7 Å². The van der Waals surface area contributed by atoms with Crippen LogP contribution in [0.4, 0.5) is 0 Å². The zero-order valence-corrected chi connectivity index (χ0v) is 17.7. The summed E-state index contributed by atoms with van der Waals surface area (Å²) in [7, 11) is -3.82. The fourth-order valence-corrected chi connectivity index (χ4v) is 5.35. The number of ether oxygens (including phenoxy) is 1. The number of carbonyl (C=O) groups excluding carboxylic acids is 2. The Morgan fingerprint density at radius 2 is 1.75 bits per heavy atom. The summed E-state index contributed by atoms with van der Waals surface area (Å²) in [5, 5.41) is 4.95. The summed E-state index contributed by atoms with van der Waals surface area (Å²) in [4.78, 5) is 23.9. The van der Waals surface area contributed by atoms with Gasteiger partial charge in [-0.15, -0.1) is 0 Å². The van der Waals surface area contributed by atoms with E-state index in [9.17, 15) is 18.0 Å². The lowest BCUT2D eigenvalue weighted by Crippen LogP contribution is -2.53. The Morgan fingerprint density at radius 3 is 2.36 bits per heavy atom. The number of rotatable bonds is 6. The molecule has 1 atom stereocenters. The van der Waals surface area contributed by atoms with Gasteiger partial charge in [0.25, 0.3) is 0 Å². The molecule has 28 heavy (non-hydrogen) atoms. The molecule has 1 saturated heterocycles. The van der Waals surface area contributed by atoms with Gasteiger partial charge < -0.3 is 15.4 Å². The van der Waals surface area contributed by atoms with Gasteiger partial charge in [-0.25, -0.2) is 8.42 Å². The Balaban J connectivity index is 2.18. The number of aryl methyl sites for hydroxylation is 3. The van der Waals surface area contributed by atoms with Crippen LogP contribution in [0.25, 0.3) is 0 Å². The predicted octanol–water partition coefficient (Wildman–Crippen LogP) is 0.991. The van der Waals surface area contributed by atoms with Crippen molar-refractivity contribution in [3.8, 4) is 0 Å². The lowest BCUT2D eigenvalue weighted by Gasteiger charge is -2.35. The van der Waals surface area contributed by atoms with Gasteiger partial charge in [0, 0.05) is 13.1 Å². The highest BCUT2D eigenvalue weighted by Crippen LogP contribution is 2.28. The molecule has 2 N–H and O–H groups in total. The molecule has 0 spiro atoms. The Labute approximate surface area is 166 Å². The summed E-state index contributed by atoms with van der Waals surface area (Å²) < 4.78 is 33.5. The smallest absolute Gasteiger partial charge is 0.309 e. The molecule has 0 radical (unpaired) electrons. The maximum Gasteiger partial charge on any atom is 0.309 e. The molecule has 156 valence electrons. The van der Waals surface area contributed by atoms with Crippen molar-refractivity contribution >= 4 is 21.8 Å². The zero-order chi connectivity index (χ0) is 20.9. The van der Waals surface area contributed by atoms with Crippen molar-refractivity contribution in [2.75, 3.05) is 26.2 Å². The zero-order valence-electron chi connectivity index (χ0n) is 16.9. The summed E-state index contributed by atoms with van der Waals surface area (Å²) in [6.07, 6.45) is 0.415. The van der Waals surface area contributed by atoms with E-state index >= 15 is 0 Å². The van der Waals surface area contributed by atoms with Gasteiger partial charge in [0.05, 0.1) is 18.0 Å². The van der Waals surface area contributed by atoms with Crippen molar-refractivity contribution in [1.82, 2.24) is 14.9 Å². The molecule has 1 aliphatic rings. The fraction of sp³-hybridized carbons (Fsp3) is 0.579. The monoisotopic (exact) mass is 411 g/mol. The van der Waals surface area contributed by atoms with Gasteiger partial charge in [-0.1, -0.05) is 24.6 Å². The second kappa shape index (κ2) is 9.49. The average molecular weight is 412 g/mol. The molecular formula is C19H29N3O5S. The van der Waals surface area contributed by atoms with Crippen LogP contribution in [0.2, 0.25) is 0 Å². The van der Waals surface area contributed by atoms with E-state index in [4.69, 9.17) is 4.74 Å². The standard InChI is InChI=1S/C19H29N3O5S/c1-5-7-20-18(23)19(24)21-12-16-22(8-6-9-27-16)28(25,26)17-14(3)10-13(2)11-15(17)4/h10-11,16H,5-9,12H2,1-4H3,(H,20,23)(H,21,24)/t16-/m1/s1. The second-order valence-corrected chi connectivity index (χ2v) is 8.82. The number of hydrogen-bond acceptors (Lipinski definition) is 5. The molecule has 0 saturated carbocycles. The van der Waals surface area contributed by atoms with Crippen LogP contribution >= 0.6 is 0 Å². The highest BCUT2D eigenvalue weighted by atomic mass is 32.2. The third-order valence-corrected chi connectivity index (χ3v) is 6.70. The number of sulfonamides is 1. The molecule has 2 rings (SSSR count). The molecule has 1 aromatic rings. The second-order valence-electron chi connectivity index (χ2n) is 6.99. The average Bonchev–Trinajstić information content (AvgIpc) is 2.63. The quantitative estimate of drug-likeness (QED) is 0.680. The largest absolute Gasteiger partial charge is 0.360 e. The third-order valence-electron chi connectivity index (χ3n) is 4.50. The van der Waals surface area contributed by atoms with Crippen molar-refractivity contribution in [1.29, 1.82) is 0 Å². The van der Waals surface area contributed by atoms with Crippen LogP contribution in [0.5, 0.6) is 0 Å². The normalized spacial score (nSPS) is 17.9. The van der Waals surface area contributed by atoms with Gasteiger partial charge in [-0.2, -0.15) is 4.31 Å². The summed E-state index contributed by atoms with van der Waals surface area (Å²) in [5.41, 5.74) is 2.33. The number of carbonyl (C=O) groups is 2. The molecule has 9 heteroatoms. The number of hydrogen-bond donors (Lipinski definition) is 2. The maximum atomic E-state index is 13.3. The first-order valence-electron chi connectivity index (χ1n) is 9.45. The molecule has 0 aliphatic carbocycles. The van der Waals surface area contributed by atoms with E-state index in [1.54, 1.807) is 13.8 Å². The van der Waals surface area contributed by atoms with Crippen molar-refractivity contribution in [3.63, 3.8) is 0 Å². The number of nitrogens with zero attached hydrogens (tertiary/aromatic N) is 1. The molecule has 0 bridgehead atoms. The summed E-state index contributed by atoms with van der Waals surface area (Å²) >= 11 is 0. The minimum Gasteiger partial charge on any atom is -0.360 e. The Morgan fingerprint density at radius 1 is 1.14 bits per heavy atom. The first-order chi connectivity index (χ1) is 13.2. The third kappa shape index (κ3) is 5.09. The van der Waals surface area contributed by atoms with Gasteiger partial charge in [0.15, 0.2) is 0 Å². The molecule has 1 aromatic carbocycles. The fourth-order valence-electron chi connectivity index (χ4n) is 3.37. The summed E-state index contributed by atoms with van der Waals surface area (Å²) in [6, 6.07) is 3.67. The highest BCUT2D eigenvalue weighted by molar-refractivity contribution is 7.89. The van der Waals surface area contributed by atoms with E-state index in [0.717, 1.165) is 5.56 Å². The Hall–Kier alpha value is -1.97. The molecule has 2 amide bonds. The van der Waals surface area contributed by atoms with Crippen LogP contribution in [0, 0.1) is 20.8 Å². The number of nitrogens with one attached hydrogen (secondary N) is 2. The van der Waals surface area contributed by atoms with Gasteiger partial charge in [-0.3, -0.25) is 9.59 Å². The van der Waals surface area contributed by atoms with Gasteiger partial charge in [0.2, 0.25) is 10.0 Å². The van der Waals surface area contributed by atoms with Crippen molar-refractivity contribution in [2.45, 2.75) is 51.7 Å². The van der Waals surface area contributed by atoms with Crippen LogP contribution < -0.4 is 10.6 Å². The van der Waals surface area contributed by atoms with E-state index in [1.165, 1.54) is 4.31 Å². The maximum absolute atomic E-state index is 13.3. The summed E-state index contributed by atoms with van der Waals surface area (Å²) in [6.45, 7) is 8.32. The number of benzene rings is 1. The minimum absolute atomic E-state index is 0.0957. The van der Waals surface area contributed by atoms with Crippen molar-refractivity contribution in [2.24, 2.45) is 0 Å². The Bertz CT molecular complexity index is 815. The van der Waals surface area contributed by atoms with Crippen LogP contribution in [-0.2, 0) is 24.3 Å². The molecule has 1 aliphatic heterocycles. The van der Waals surface area contributed by atoms with E-state index in [0.29, 0.717) is 37.1 Å². The predicted molar refractivity (Wildman–Crippen MR) is 105 cm³/mol. The SMILES string of the molecule is CCCNC(=O)C(=O)NC[C@H]1OCCCN1S(=O)(=O)c1c(C)cc(C)cc1C. The first kappa shape index (κ1) is 22.3. The molecule has 8 nitrogen and oxygen atoms in total. The van der Waals surface area contributed by atoms with E-state index in [-0.39, 0.29) is 18.0 Å². The van der Waals surface area contributed by atoms with E-state index in [1.807, 2.05) is 26.0 Å². The Kier molecular flexibility index (Phi) is 7.56. The van der Waals surface area contributed by atoms with Crippen LogP contribution in [0.1, 0.15) is 36.5 Å². The van der Waals surface area contributed by atoms with E-state index < -0.39 is 28.1 Å². The molecule has 0 unspecified atom stereocenters. The van der Waals surface area contributed by atoms with E-state index in [2.05, 4.69) is 10.6 Å². The van der Waals surface area contributed by atoms with Gasteiger partial charge >= 0.3 is 11.8 Å². The summed E-state index contributed by atoms with van der Waals surface area (Å²) in [5.74, 6) is -1.54. The van der Waals surface area contributed by atoms with Crippen molar-refractivity contribution in [3.05, 3.63) is 28.8 Å².